The predicted octanol–water partition coefficient (Wildman–Crippen LogP) is 4.12. The molecule has 0 heterocycles. The number of aldehydes is 1. The first-order valence-corrected chi connectivity index (χ1v) is 10.4. The van der Waals surface area contributed by atoms with Gasteiger partial charge in [-0.15, -0.1) is 0 Å². The van der Waals surface area contributed by atoms with Gasteiger partial charge in [0.15, 0.2) is 12.1 Å². The highest BCUT2D eigenvalue weighted by Gasteiger charge is 2.46. The van der Waals surface area contributed by atoms with Crippen LogP contribution in [0.2, 0.25) is 0 Å². The number of fused-ring (bicyclic) bond motifs is 1. The minimum atomic E-state index is -1.40. The zero-order chi connectivity index (χ0) is 22.5. The Morgan fingerprint density at radius 2 is 1.60 bits per heavy atom. The number of rotatable bonds is 6. The number of ketones is 1. The molecular weight excluding hydrogens is 376 g/mol. The van der Waals surface area contributed by atoms with Crippen molar-refractivity contribution >= 4 is 12.1 Å². The molecule has 2 aromatic rings. The van der Waals surface area contributed by atoms with Crippen LogP contribution in [0.15, 0.2) is 42.5 Å². The van der Waals surface area contributed by atoms with Gasteiger partial charge in [-0.1, -0.05) is 63.2 Å². The molecule has 3 rings (SSSR count). The standard InChI is InChI=1S/C26H32O4/c1-23(2)15-26(6,19-10-8-18(9-11-19)22(28)24(3,4)29)21-13-17(7-12-20(21)23)14-25(5,30)16-27/h7-13,16,29-30H,14-15H2,1-6H3. The molecule has 0 aliphatic heterocycles. The number of hydrogen-bond donors (Lipinski definition) is 2. The topological polar surface area (TPSA) is 74.6 Å². The van der Waals surface area contributed by atoms with Gasteiger partial charge in [-0.3, -0.25) is 4.79 Å². The molecule has 30 heavy (non-hydrogen) atoms. The molecule has 1 aliphatic rings. The van der Waals surface area contributed by atoms with E-state index in [9.17, 15) is 19.8 Å². The van der Waals surface area contributed by atoms with E-state index >= 15 is 0 Å². The van der Waals surface area contributed by atoms with Gasteiger partial charge in [-0.25, -0.2) is 0 Å². The van der Waals surface area contributed by atoms with Crippen LogP contribution in [0, 0.1) is 0 Å². The van der Waals surface area contributed by atoms with Crippen molar-refractivity contribution in [2.45, 2.75) is 76.4 Å². The molecular formula is C26H32O4. The van der Waals surface area contributed by atoms with Gasteiger partial charge < -0.3 is 15.0 Å². The zero-order valence-corrected chi connectivity index (χ0v) is 18.7. The summed E-state index contributed by atoms with van der Waals surface area (Å²) in [6.45, 7) is 11.2. The lowest BCUT2D eigenvalue weighted by molar-refractivity contribution is -0.122. The van der Waals surface area contributed by atoms with Crippen molar-refractivity contribution < 1.29 is 19.8 Å². The monoisotopic (exact) mass is 408 g/mol. The van der Waals surface area contributed by atoms with E-state index in [-0.39, 0.29) is 23.0 Å². The van der Waals surface area contributed by atoms with E-state index in [0.717, 1.165) is 17.5 Å². The van der Waals surface area contributed by atoms with Gasteiger partial charge in [0.1, 0.15) is 11.2 Å². The summed E-state index contributed by atoms with van der Waals surface area (Å²) in [7, 11) is 0. The van der Waals surface area contributed by atoms with Crippen molar-refractivity contribution in [1.29, 1.82) is 0 Å². The summed E-state index contributed by atoms with van der Waals surface area (Å²) < 4.78 is 0. The Morgan fingerprint density at radius 1 is 1.00 bits per heavy atom. The summed E-state index contributed by atoms with van der Waals surface area (Å²) in [5, 5.41) is 20.2. The Morgan fingerprint density at radius 3 is 2.13 bits per heavy atom. The number of carbonyl (C=O) groups excluding carboxylic acids is 2. The van der Waals surface area contributed by atoms with E-state index in [1.807, 2.05) is 18.2 Å². The van der Waals surface area contributed by atoms with Crippen LogP contribution in [0.5, 0.6) is 0 Å². The smallest absolute Gasteiger partial charge is 0.193 e. The van der Waals surface area contributed by atoms with E-state index in [0.29, 0.717) is 11.8 Å². The number of aliphatic hydroxyl groups is 2. The van der Waals surface area contributed by atoms with Crippen molar-refractivity contribution in [2.24, 2.45) is 0 Å². The summed E-state index contributed by atoms with van der Waals surface area (Å²) in [4.78, 5) is 23.6. The predicted molar refractivity (Wildman–Crippen MR) is 118 cm³/mol. The first-order valence-electron chi connectivity index (χ1n) is 10.4. The van der Waals surface area contributed by atoms with Crippen LogP contribution in [-0.4, -0.2) is 33.5 Å². The second-order valence-electron chi connectivity index (χ2n) is 10.4. The van der Waals surface area contributed by atoms with E-state index < -0.39 is 11.2 Å². The maximum atomic E-state index is 12.4. The molecule has 2 unspecified atom stereocenters. The average Bonchev–Trinajstić information content (AvgIpc) is 2.86. The molecule has 0 radical (unpaired) electrons. The fourth-order valence-electron chi connectivity index (χ4n) is 4.88. The SMILES string of the molecule is CC(O)(C=O)Cc1ccc2c(c1)C(C)(c1ccc(C(=O)C(C)(C)O)cc1)CC2(C)C. The number of Topliss-reactive ketones (excluding diaryl/α,β-unsaturated/α-hetero) is 1. The highest BCUT2D eigenvalue weighted by Crippen LogP contribution is 2.53. The molecule has 0 bridgehead atoms. The largest absolute Gasteiger partial charge is 0.382 e. The summed E-state index contributed by atoms with van der Waals surface area (Å²) >= 11 is 0. The lowest BCUT2D eigenvalue weighted by Crippen LogP contribution is -2.31. The third kappa shape index (κ3) is 3.99. The van der Waals surface area contributed by atoms with Gasteiger partial charge >= 0.3 is 0 Å². The fraction of sp³-hybridized carbons (Fsp3) is 0.462. The minimum absolute atomic E-state index is 0.0304. The molecule has 4 nitrogen and oxygen atoms in total. The molecule has 0 saturated carbocycles. The molecule has 1 aliphatic carbocycles. The molecule has 160 valence electrons. The summed E-state index contributed by atoms with van der Waals surface area (Å²) in [6, 6.07) is 13.7. The van der Waals surface area contributed by atoms with E-state index in [1.54, 1.807) is 12.1 Å². The normalized spacial score (nSPS) is 22.3. The molecule has 0 amide bonds. The molecule has 2 aromatic carbocycles. The van der Waals surface area contributed by atoms with Crippen LogP contribution in [0.25, 0.3) is 0 Å². The second-order valence-corrected chi connectivity index (χ2v) is 10.4. The van der Waals surface area contributed by atoms with Crippen LogP contribution in [0.3, 0.4) is 0 Å². The zero-order valence-electron chi connectivity index (χ0n) is 18.7. The van der Waals surface area contributed by atoms with E-state index in [1.165, 1.54) is 31.9 Å². The van der Waals surface area contributed by atoms with Gasteiger partial charge in [0.25, 0.3) is 0 Å². The first-order chi connectivity index (χ1) is 13.7. The molecule has 0 fully saturated rings. The number of carbonyl (C=O) groups is 2. The van der Waals surface area contributed by atoms with Crippen LogP contribution < -0.4 is 0 Å². The second kappa shape index (κ2) is 7.14. The first kappa shape index (κ1) is 22.4. The molecule has 2 N–H and O–H groups in total. The quantitative estimate of drug-likeness (QED) is 0.557. The Hall–Kier alpha value is -2.30. The van der Waals surface area contributed by atoms with E-state index in [2.05, 4.69) is 32.9 Å². The van der Waals surface area contributed by atoms with Crippen molar-refractivity contribution in [3.63, 3.8) is 0 Å². The molecule has 0 saturated heterocycles. The number of hydrogen-bond acceptors (Lipinski definition) is 4. The minimum Gasteiger partial charge on any atom is -0.382 e. The van der Waals surface area contributed by atoms with Crippen molar-refractivity contribution in [1.82, 2.24) is 0 Å². The maximum absolute atomic E-state index is 12.4. The lowest BCUT2D eigenvalue weighted by Gasteiger charge is -2.29. The van der Waals surface area contributed by atoms with Gasteiger partial charge in [-0.05, 0) is 54.9 Å². The lowest BCUT2D eigenvalue weighted by atomic mass is 9.74. The maximum Gasteiger partial charge on any atom is 0.193 e. The molecule has 0 aromatic heterocycles. The van der Waals surface area contributed by atoms with Gasteiger partial charge in [0.05, 0.1) is 0 Å². The highest BCUT2D eigenvalue weighted by molar-refractivity contribution is 6.01. The van der Waals surface area contributed by atoms with E-state index in [4.69, 9.17) is 0 Å². The van der Waals surface area contributed by atoms with Crippen molar-refractivity contribution in [3.05, 3.63) is 70.3 Å². The Labute approximate surface area is 179 Å². The Kier molecular flexibility index (Phi) is 5.33. The molecule has 4 heteroatoms. The summed E-state index contributed by atoms with van der Waals surface area (Å²) in [6.07, 6.45) is 1.75. The summed E-state index contributed by atoms with van der Waals surface area (Å²) in [5.74, 6) is -0.301. The van der Waals surface area contributed by atoms with Gasteiger partial charge in [-0.2, -0.15) is 0 Å². The summed E-state index contributed by atoms with van der Waals surface area (Å²) in [5.41, 5.74) is 1.86. The Balaban J connectivity index is 2.05. The average molecular weight is 409 g/mol. The van der Waals surface area contributed by atoms with Crippen LogP contribution >= 0.6 is 0 Å². The molecule has 2 atom stereocenters. The third-order valence-electron chi connectivity index (χ3n) is 6.36. The van der Waals surface area contributed by atoms with Crippen LogP contribution in [0.4, 0.5) is 0 Å². The van der Waals surface area contributed by atoms with Crippen LogP contribution in [-0.2, 0) is 22.0 Å². The van der Waals surface area contributed by atoms with Crippen molar-refractivity contribution in [3.8, 4) is 0 Å². The molecule has 0 spiro atoms. The fourth-order valence-corrected chi connectivity index (χ4v) is 4.88. The third-order valence-corrected chi connectivity index (χ3v) is 6.36. The number of benzene rings is 2. The Bertz CT molecular complexity index is 977. The van der Waals surface area contributed by atoms with Crippen LogP contribution in [0.1, 0.15) is 80.6 Å². The highest BCUT2D eigenvalue weighted by atomic mass is 16.3. The van der Waals surface area contributed by atoms with Gasteiger partial charge in [0.2, 0.25) is 0 Å². The van der Waals surface area contributed by atoms with Gasteiger partial charge in [0, 0.05) is 17.4 Å². The van der Waals surface area contributed by atoms with Crippen molar-refractivity contribution in [2.75, 3.05) is 0 Å².